The molecule has 3 N–H and O–H groups in total. The van der Waals surface area contributed by atoms with Crippen LogP contribution in [0.25, 0.3) is 0 Å². The largest absolute Gasteiger partial charge is 0.352 e. The Labute approximate surface area is 170 Å². The predicted molar refractivity (Wildman–Crippen MR) is 108 cm³/mol. The summed E-state index contributed by atoms with van der Waals surface area (Å²) < 4.78 is 0. The zero-order valence-electron chi connectivity index (χ0n) is 16.9. The smallest absolute Gasteiger partial charge is 0.325 e. The Balaban J connectivity index is 1.62. The number of carbonyl (C=O) groups is 4. The molecule has 29 heavy (non-hydrogen) atoms. The zero-order valence-corrected chi connectivity index (χ0v) is 16.9. The first-order chi connectivity index (χ1) is 13.9. The molecule has 0 atom stereocenters. The molecule has 1 spiro atoms. The van der Waals surface area contributed by atoms with Crippen molar-refractivity contribution in [2.24, 2.45) is 5.92 Å². The van der Waals surface area contributed by atoms with E-state index in [2.05, 4.69) is 22.9 Å². The number of benzene rings is 1. The van der Waals surface area contributed by atoms with Gasteiger partial charge < -0.3 is 16.0 Å². The summed E-state index contributed by atoms with van der Waals surface area (Å²) in [6.07, 6.45) is 4.09. The lowest BCUT2D eigenvalue weighted by molar-refractivity contribution is -0.135. The van der Waals surface area contributed by atoms with Crippen molar-refractivity contribution in [2.75, 3.05) is 18.4 Å². The lowest BCUT2D eigenvalue weighted by Crippen LogP contribution is -2.49. The van der Waals surface area contributed by atoms with E-state index in [0.29, 0.717) is 36.6 Å². The monoisotopic (exact) mass is 400 g/mol. The first-order valence-electron chi connectivity index (χ1n) is 10.2. The summed E-state index contributed by atoms with van der Waals surface area (Å²) >= 11 is 0. The molecule has 1 aromatic rings. The van der Waals surface area contributed by atoms with Gasteiger partial charge in [-0.2, -0.15) is 0 Å². The minimum absolute atomic E-state index is 0.234. The third-order valence-electron chi connectivity index (χ3n) is 5.83. The van der Waals surface area contributed by atoms with E-state index >= 15 is 0 Å². The second kappa shape index (κ2) is 8.63. The maximum Gasteiger partial charge on any atom is 0.325 e. The van der Waals surface area contributed by atoms with E-state index in [1.807, 2.05) is 6.92 Å². The number of rotatable bonds is 6. The molecule has 1 saturated carbocycles. The predicted octanol–water partition coefficient (Wildman–Crippen LogP) is 2.27. The number of nitrogens with zero attached hydrogens (tertiary/aromatic N) is 1. The van der Waals surface area contributed by atoms with Gasteiger partial charge in [-0.25, -0.2) is 4.79 Å². The third kappa shape index (κ3) is 4.41. The minimum Gasteiger partial charge on any atom is -0.352 e. The highest BCUT2D eigenvalue weighted by Crippen LogP contribution is 2.37. The van der Waals surface area contributed by atoms with Crippen LogP contribution in [-0.4, -0.2) is 47.3 Å². The molecule has 0 unspecified atom stereocenters. The Hall–Kier alpha value is -2.90. The molecule has 1 aliphatic carbocycles. The highest BCUT2D eigenvalue weighted by atomic mass is 16.2. The molecule has 8 nitrogen and oxygen atoms in total. The van der Waals surface area contributed by atoms with Crippen LogP contribution in [0.15, 0.2) is 24.3 Å². The van der Waals surface area contributed by atoms with Crippen LogP contribution in [0.5, 0.6) is 0 Å². The van der Waals surface area contributed by atoms with Gasteiger partial charge in [-0.1, -0.05) is 19.4 Å². The van der Waals surface area contributed by atoms with E-state index < -0.39 is 17.5 Å². The van der Waals surface area contributed by atoms with Gasteiger partial charge in [0.05, 0.1) is 0 Å². The normalized spacial score (nSPS) is 23.8. The first-order valence-corrected chi connectivity index (χ1v) is 10.2. The Bertz CT molecular complexity index is 815. The zero-order chi connectivity index (χ0) is 21.0. The Morgan fingerprint density at radius 3 is 2.59 bits per heavy atom. The topological polar surface area (TPSA) is 108 Å². The number of amides is 5. The van der Waals surface area contributed by atoms with E-state index in [4.69, 9.17) is 0 Å². The summed E-state index contributed by atoms with van der Waals surface area (Å²) in [4.78, 5) is 50.7. The quantitative estimate of drug-likeness (QED) is 0.637. The maximum absolute atomic E-state index is 12.9. The van der Waals surface area contributed by atoms with Gasteiger partial charge in [0.25, 0.3) is 11.8 Å². The Morgan fingerprint density at radius 1 is 1.21 bits per heavy atom. The van der Waals surface area contributed by atoms with Gasteiger partial charge in [0, 0.05) is 17.8 Å². The average molecular weight is 400 g/mol. The number of imide groups is 1. The standard InChI is InChI=1S/C21H28N4O4/c1-3-14-8-10-21(11-9-14)19(28)25(20(29)24-21)13-17(26)23-16-7-5-6-15(12-16)18(27)22-4-2/h5-7,12,14H,3-4,8-11,13H2,1-2H3,(H,22,27)(H,23,26)(H,24,29). The molecule has 0 radical (unpaired) electrons. The summed E-state index contributed by atoms with van der Waals surface area (Å²) in [5.41, 5.74) is -0.00321. The van der Waals surface area contributed by atoms with Crippen LogP contribution in [0, 0.1) is 5.92 Å². The summed E-state index contributed by atoms with van der Waals surface area (Å²) in [5.74, 6) is -0.452. The lowest BCUT2D eigenvalue weighted by atomic mass is 9.75. The van der Waals surface area contributed by atoms with Crippen LogP contribution >= 0.6 is 0 Å². The number of carbonyl (C=O) groups excluding carboxylic acids is 4. The molecule has 156 valence electrons. The molecule has 1 aromatic carbocycles. The molecule has 0 aromatic heterocycles. The van der Waals surface area contributed by atoms with E-state index in [9.17, 15) is 19.2 Å². The fraction of sp³-hybridized carbons (Fsp3) is 0.524. The molecule has 3 rings (SSSR count). The number of hydrogen-bond acceptors (Lipinski definition) is 4. The fourth-order valence-electron chi connectivity index (χ4n) is 4.08. The van der Waals surface area contributed by atoms with Crippen LogP contribution in [0.3, 0.4) is 0 Å². The number of urea groups is 1. The average Bonchev–Trinajstić information content (AvgIpc) is 2.93. The highest BCUT2D eigenvalue weighted by molar-refractivity contribution is 6.10. The van der Waals surface area contributed by atoms with Gasteiger partial charge in [-0.15, -0.1) is 0 Å². The summed E-state index contributed by atoms with van der Waals surface area (Å²) in [5, 5.41) is 8.18. The second-order valence-electron chi connectivity index (χ2n) is 7.74. The molecular formula is C21H28N4O4. The Kier molecular flexibility index (Phi) is 6.20. The summed E-state index contributed by atoms with van der Waals surface area (Å²) in [6, 6.07) is 6.00. The van der Waals surface area contributed by atoms with Gasteiger partial charge in [0.2, 0.25) is 5.91 Å². The molecule has 2 aliphatic rings. The minimum atomic E-state index is -0.860. The van der Waals surface area contributed by atoms with Crippen LogP contribution in [0.2, 0.25) is 0 Å². The number of nitrogens with one attached hydrogen (secondary N) is 3. The molecule has 8 heteroatoms. The highest BCUT2D eigenvalue weighted by Gasteiger charge is 2.52. The second-order valence-corrected chi connectivity index (χ2v) is 7.74. The van der Waals surface area contributed by atoms with Crippen LogP contribution in [0.1, 0.15) is 56.3 Å². The van der Waals surface area contributed by atoms with Gasteiger partial charge in [-0.3, -0.25) is 19.3 Å². The van der Waals surface area contributed by atoms with E-state index in [0.717, 1.165) is 24.2 Å². The van der Waals surface area contributed by atoms with Crippen LogP contribution < -0.4 is 16.0 Å². The number of hydrogen-bond donors (Lipinski definition) is 3. The van der Waals surface area contributed by atoms with E-state index in [1.54, 1.807) is 24.3 Å². The van der Waals surface area contributed by atoms with Crippen molar-refractivity contribution in [1.82, 2.24) is 15.5 Å². The van der Waals surface area contributed by atoms with Crippen molar-refractivity contribution in [3.8, 4) is 0 Å². The van der Waals surface area contributed by atoms with E-state index in [1.165, 1.54) is 0 Å². The molecule has 1 heterocycles. The molecule has 5 amide bonds. The molecule has 1 aliphatic heterocycles. The summed E-state index contributed by atoms with van der Waals surface area (Å²) in [7, 11) is 0. The van der Waals surface area contributed by atoms with E-state index in [-0.39, 0.29) is 18.4 Å². The van der Waals surface area contributed by atoms with Gasteiger partial charge >= 0.3 is 6.03 Å². The third-order valence-corrected chi connectivity index (χ3v) is 5.83. The van der Waals surface area contributed by atoms with Crippen molar-refractivity contribution in [1.29, 1.82) is 0 Å². The fourth-order valence-corrected chi connectivity index (χ4v) is 4.08. The van der Waals surface area contributed by atoms with Crippen molar-refractivity contribution >= 4 is 29.4 Å². The van der Waals surface area contributed by atoms with Gasteiger partial charge in [0.15, 0.2) is 0 Å². The lowest BCUT2D eigenvalue weighted by Gasteiger charge is -2.34. The Morgan fingerprint density at radius 2 is 1.93 bits per heavy atom. The van der Waals surface area contributed by atoms with Crippen LogP contribution in [0.4, 0.5) is 10.5 Å². The van der Waals surface area contributed by atoms with Crippen molar-refractivity contribution < 1.29 is 19.2 Å². The van der Waals surface area contributed by atoms with Gasteiger partial charge in [0.1, 0.15) is 12.1 Å². The molecule has 0 bridgehead atoms. The summed E-state index contributed by atoms with van der Waals surface area (Å²) in [6.45, 7) is 4.11. The maximum atomic E-state index is 12.9. The first kappa shape index (κ1) is 20.8. The van der Waals surface area contributed by atoms with Crippen LogP contribution in [-0.2, 0) is 9.59 Å². The SMILES string of the molecule is CCNC(=O)c1cccc(NC(=O)CN2C(=O)NC3(CCC(CC)CC3)C2=O)c1. The molecule has 1 saturated heterocycles. The number of anilines is 1. The van der Waals surface area contributed by atoms with Gasteiger partial charge in [-0.05, 0) is 56.7 Å². The molecular weight excluding hydrogens is 372 g/mol. The van der Waals surface area contributed by atoms with Crippen molar-refractivity contribution in [2.45, 2.75) is 51.5 Å². The van der Waals surface area contributed by atoms with Crippen molar-refractivity contribution in [3.05, 3.63) is 29.8 Å². The van der Waals surface area contributed by atoms with Crippen molar-refractivity contribution in [3.63, 3.8) is 0 Å². The molecule has 2 fully saturated rings.